The average molecular weight is 222 g/mol. The molecule has 0 saturated heterocycles. The van der Waals surface area contributed by atoms with E-state index < -0.39 is 14.2 Å². The summed E-state index contributed by atoms with van der Waals surface area (Å²) in [7, 11) is -1.48. The minimum atomic E-state index is -1.48. The first-order chi connectivity index (χ1) is 6.15. The van der Waals surface area contributed by atoms with Crippen LogP contribution in [0.2, 0.25) is 0 Å². The summed E-state index contributed by atoms with van der Waals surface area (Å²) < 4.78 is 1.95. The van der Waals surface area contributed by atoms with E-state index in [0.717, 1.165) is 0 Å². The van der Waals surface area contributed by atoms with E-state index in [0.29, 0.717) is 0 Å². The highest BCUT2D eigenvalue weighted by molar-refractivity contribution is 7.46. The highest BCUT2D eigenvalue weighted by Gasteiger charge is 2.27. The molecule has 0 aromatic rings. The van der Waals surface area contributed by atoms with Crippen LogP contribution in [0.3, 0.4) is 0 Å². The Morgan fingerprint density at radius 3 is 1.71 bits per heavy atom. The molecule has 0 aromatic carbocycles. The highest BCUT2D eigenvalue weighted by atomic mass is 31.2. The Labute approximate surface area is 88.3 Å². The van der Waals surface area contributed by atoms with Crippen LogP contribution in [-0.2, 0) is 0 Å². The summed E-state index contributed by atoms with van der Waals surface area (Å²) in [6.45, 7) is 11.3. The predicted molar refractivity (Wildman–Crippen MR) is 60.7 cm³/mol. The Morgan fingerprint density at radius 2 is 1.50 bits per heavy atom. The molecular formula is C9H23N2O2P. The number of nitrogens with zero attached hydrogens (tertiary/aromatic N) is 1. The smallest absolute Gasteiger partial charge is 0.185 e. The fourth-order valence-electron chi connectivity index (χ4n) is 1.34. The third-order valence-electron chi connectivity index (χ3n) is 1.65. The standard InChI is InChI=1S/C9H23N2O2P/c1-7(2)11(8(3)4)14(13)10-9(5,6)12/h7-8,10,12-13H,1-6H3. The molecule has 0 aromatic heterocycles. The molecule has 0 radical (unpaired) electrons. The summed E-state index contributed by atoms with van der Waals surface area (Å²) in [5, 5.41) is 12.3. The van der Waals surface area contributed by atoms with Gasteiger partial charge in [-0.05, 0) is 41.5 Å². The molecule has 0 aliphatic heterocycles. The van der Waals surface area contributed by atoms with E-state index in [4.69, 9.17) is 0 Å². The second-order valence-electron chi connectivity index (χ2n) is 4.53. The molecule has 3 N–H and O–H groups in total. The van der Waals surface area contributed by atoms with Crippen LogP contribution >= 0.6 is 8.45 Å². The number of rotatable bonds is 5. The summed E-state index contributed by atoms with van der Waals surface area (Å²) in [6.07, 6.45) is 0. The van der Waals surface area contributed by atoms with Gasteiger partial charge in [0.2, 0.25) is 0 Å². The largest absolute Gasteiger partial charge is 0.376 e. The Hall–Kier alpha value is 0.270. The molecule has 5 heteroatoms. The lowest BCUT2D eigenvalue weighted by molar-refractivity contribution is 0.0641. The number of hydrogen-bond donors (Lipinski definition) is 3. The highest BCUT2D eigenvalue weighted by Crippen LogP contribution is 2.36. The SMILES string of the molecule is CC(C)N(C(C)C)P(O)NC(C)(C)O. The fraction of sp³-hybridized carbons (Fsp3) is 1.00. The molecule has 0 aliphatic carbocycles. The molecule has 1 atom stereocenters. The van der Waals surface area contributed by atoms with Crippen LogP contribution in [-0.4, -0.2) is 32.5 Å². The number of aliphatic hydroxyl groups is 1. The van der Waals surface area contributed by atoms with Crippen molar-refractivity contribution >= 4 is 8.45 Å². The molecule has 86 valence electrons. The minimum absolute atomic E-state index is 0.251. The third kappa shape index (κ3) is 5.23. The van der Waals surface area contributed by atoms with Crippen molar-refractivity contribution in [3.8, 4) is 0 Å². The van der Waals surface area contributed by atoms with Gasteiger partial charge in [0.15, 0.2) is 8.45 Å². The van der Waals surface area contributed by atoms with Crippen molar-refractivity contribution in [3.05, 3.63) is 0 Å². The van der Waals surface area contributed by atoms with Gasteiger partial charge < -0.3 is 10.00 Å². The molecule has 0 fully saturated rings. The van der Waals surface area contributed by atoms with Gasteiger partial charge in [-0.1, -0.05) is 0 Å². The van der Waals surface area contributed by atoms with Crippen LogP contribution in [0.4, 0.5) is 0 Å². The van der Waals surface area contributed by atoms with Crippen LogP contribution in [0.5, 0.6) is 0 Å². The molecule has 14 heavy (non-hydrogen) atoms. The topological polar surface area (TPSA) is 55.7 Å². The van der Waals surface area contributed by atoms with Crippen LogP contribution in [0, 0.1) is 0 Å². The van der Waals surface area contributed by atoms with Crippen LogP contribution in [0.1, 0.15) is 41.5 Å². The first-order valence-corrected chi connectivity index (χ1v) is 6.17. The summed E-state index contributed by atoms with van der Waals surface area (Å²) in [6, 6.07) is 0.502. The van der Waals surface area contributed by atoms with Gasteiger partial charge in [0.25, 0.3) is 0 Å². The van der Waals surface area contributed by atoms with E-state index in [9.17, 15) is 10.00 Å². The second-order valence-corrected chi connectivity index (χ2v) is 5.79. The molecule has 0 rings (SSSR count). The van der Waals surface area contributed by atoms with Crippen molar-refractivity contribution in [1.29, 1.82) is 0 Å². The van der Waals surface area contributed by atoms with Crippen molar-refractivity contribution in [2.24, 2.45) is 0 Å². The lowest BCUT2D eigenvalue weighted by atomic mass is 10.3. The van der Waals surface area contributed by atoms with E-state index >= 15 is 0 Å². The van der Waals surface area contributed by atoms with Gasteiger partial charge in [-0.2, -0.15) is 0 Å². The quantitative estimate of drug-likeness (QED) is 0.489. The van der Waals surface area contributed by atoms with Gasteiger partial charge in [-0.25, -0.2) is 9.76 Å². The lowest BCUT2D eigenvalue weighted by Gasteiger charge is -2.36. The first kappa shape index (κ1) is 14.3. The van der Waals surface area contributed by atoms with E-state index in [-0.39, 0.29) is 12.1 Å². The van der Waals surface area contributed by atoms with Crippen molar-refractivity contribution in [3.63, 3.8) is 0 Å². The molecule has 1 unspecified atom stereocenters. The molecule has 0 amide bonds. The zero-order chi connectivity index (χ0) is 11.5. The van der Waals surface area contributed by atoms with Crippen LogP contribution in [0.25, 0.3) is 0 Å². The Kier molecular flexibility index (Phi) is 5.48. The lowest BCUT2D eigenvalue weighted by Crippen LogP contribution is -2.43. The van der Waals surface area contributed by atoms with E-state index in [2.05, 4.69) is 5.09 Å². The third-order valence-corrected chi connectivity index (χ3v) is 3.76. The van der Waals surface area contributed by atoms with Gasteiger partial charge >= 0.3 is 0 Å². The van der Waals surface area contributed by atoms with Crippen molar-refractivity contribution in [2.45, 2.75) is 59.4 Å². The molecule has 0 heterocycles. The Balaban J connectivity index is 4.38. The van der Waals surface area contributed by atoms with Crippen LogP contribution in [0.15, 0.2) is 0 Å². The minimum Gasteiger partial charge on any atom is -0.376 e. The van der Waals surface area contributed by atoms with Gasteiger partial charge in [0.1, 0.15) is 5.72 Å². The number of nitrogens with one attached hydrogen (secondary N) is 1. The molecular weight excluding hydrogens is 199 g/mol. The molecule has 0 bridgehead atoms. The summed E-state index contributed by atoms with van der Waals surface area (Å²) in [5.41, 5.74) is -1.04. The van der Waals surface area contributed by atoms with Gasteiger partial charge in [0, 0.05) is 12.1 Å². The zero-order valence-electron chi connectivity index (χ0n) is 9.94. The molecule has 0 aliphatic rings. The monoisotopic (exact) mass is 222 g/mol. The Morgan fingerprint density at radius 1 is 1.14 bits per heavy atom. The molecule has 0 saturated carbocycles. The summed E-state index contributed by atoms with van der Waals surface area (Å²) >= 11 is 0. The maximum atomic E-state index is 9.91. The van der Waals surface area contributed by atoms with E-state index in [1.54, 1.807) is 13.8 Å². The predicted octanol–water partition coefficient (Wildman–Crippen LogP) is 1.64. The van der Waals surface area contributed by atoms with Crippen LogP contribution < -0.4 is 5.09 Å². The fourth-order valence-corrected chi connectivity index (χ4v) is 2.82. The average Bonchev–Trinajstić information content (AvgIpc) is 1.78. The van der Waals surface area contributed by atoms with Gasteiger partial charge in [0.05, 0.1) is 0 Å². The van der Waals surface area contributed by atoms with Crippen molar-refractivity contribution in [2.75, 3.05) is 0 Å². The molecule has 0 spiro atoms. The van der Waals surface area contributed by atoms with Crippen molar-refractivity contribution < 1.29 is 10.00 Å². The normalized spacial score (nSPS) is 15.6. The zero-order valence-corrected chi connectivity index (χ0v) is 10.8. The summed E-state index contributed by atoms with van der Waals surface area (Å²) in [4.78, 5) is 9.91. The summed E-state index contributed by atoms with van der Waals surface area (Å²) in [5.74, 6) is 0. The van der Waals surface area contributed by atoms with Gasteiger partial charge in [-0.15, -0.1) is 0 Å². The van der Waals surface area contributed by atoms with Gasteiger partial charge in [-0.3, -0.25) is 0 Å². The molecule has 4 nitrogen and oxygen atoms in total. The second kappa shape index (κ2) is 5.38. The maximum Gasteiger partial charge on any atom is 0.185 e. The maximum absolute atomic E-state index is 9.91. The van der Waals surface area contributed by atoms with E-state index in [1.165, 1.54) is 0 Å². The van der Waals surface area contributed by atoms with Crippen molar-refractivity contribution in [1.82, 2.24) is 9.76 Å². The van der Waals surface area contributed by atoms with E-state index in [1.807, 2.05) is 32.4 Å². The first-order valence-electron chi connectivity index (χ1n) is 4.92. The Bertz CT molecular complexity index is 161. The number of hydrogen-bond acceptors (Lipinski definition) is 4.